The smallest absolute Gasteiger partial charge is 0.147 e. The Kier molecular flexibility index (Phi) is 3.34. The number of furan rings is 1. The molecule has 0 fully saturated rings. The molecule has 80 valence electrons. The van der Waals surface area contributed by atoms with Gasteiger partial charge < -0.3 is 4.42 Å². The maximum absolute atomic E-state index is 5.64. The van der Waals surface area contributed by atoms with Gasteiger partial charge in [0.1, 0.15) is 5.58 Å². The molecule has 15 heavy (non-hydrogen) atoms. The molecule has 1 nitrogen and oxygen atoms in total. The van der Waals surface area contributed by atoms with Crippen LogP contribution in [0.3, 0.4) is 0 Å². The number of benzene rings is 1. The Labute approximate surface area is 104 Å². The maximum atomic E-state index is 5.64. The van der Waals surface area contributed by atoms with Crippen molar-refractivity contribution in [2.45, 2.75) is 32.6 Å². The third kappa shape index (κ3) is 2.05. The van der Waals surface area contributed by atoms with Crippen molar-refractivity contribution in [1.82, 2.24) is 0 Å². The van der Waals surface area contributed by atoms with Gasteiger partial charge in [0, 0.05) is 10.9 Å². The zero-order valence-corrected chi connectivity index (χ0v) is 11.2. The highest BCUT2D eigenvalue weighted by Gasteiger charge is 2.13. The number of rotatable bonds is 3. The number of hydrogen-bond acceptors (Lipinski definition) is 1. The van der Waals surface area contributed by atoms with Crippen LogP contribution in [0.15, 0.2) is 28.9 Å². The molecule has 0 radical (unpaired) electrons. The first kappa shape index (κ1) is 11.0. The van der Waals surface area contributed by atoms with E-state index >= 15 is 0 Å². The first-order chi connectivity index (χ1) is 7.24. The van der Waals surface area contributed by atoms with Gasteiger partial charge in [0.05, 0.1) is 9.83 Å². The molecule has 2 heteroatoms. The summed E-state index contributed by atoms with van der Waals surface area (Å²) in [6.07, 6.45) is 4.37. The van der Waals surface area contributed by atoms with Crippen LogP contribution < -0.4 is 0 Å². The second-order valence-corrected chi connectivity index (χ2v) is 5.16. The number of fused-ring (bicyclic) bond motifs is 1. The van der Waals surface area contributed by atoms with Gasteiger partial charge in [-0.2, -0.15) is 0 Å². The van der Waals surface area contributed by atoms with Crippen LogP contribution in [0, 0.1) is 3.57 Å². The molecule has 1 atom stereocenters. The number of para-hydroxylation sites is 1. The summed E-state index contributed by atoms with van der Waals surface area (Å²) in [5.41, 5.74) is 2.39. The van der Waals surface area contributed by atoms with E-state index in [1.54, 1.807) is 0 Å². The Bertz CT molecular complexity index is 459. The van der Waals surface area contributed by atoms with Crippen LogP contribution >= 0.6 is 22.6 Å². The lowest BCUT2D eigenvalue weighted by atomic mass is 9.96. The van der Waals surface area contributed by atoms with Crippen molar-refractivity contribution in [1.29, 1.82) is 0 Å². The standard InChI is InChI=1S/C13H15IO/c1-3-5-9(2)11-8-15-13-10(11)6-4-7-12(13)14/h4,6-9H,3,5H2,1-2H3. The molecule has 0 saturated carbocycles. The van der Waals surface area contributed by atoms with Crippen LogP contribution in [0.25, 0.3) is 11.0 Å². The fourth-order valence-corrected chi connectivity index (χ4v) is 2.64. The van der Waals surface area contributed by atoms with Gasteiger partial charge in [-0.1, -0.05) is 32.4 Å². The highest BCUT2D eigenvalue weighted by atomic mass is 127. The topological polar surface area (TPSA) is 13.1 Å². The van der Waals surface area contributed by atoms with Crippen LogP contribution in [-0.4, -0.2) is 0 Å². The summed E-state index contributed by atoms with van der Waals surface area (Å²) < 4.78 is 6.83. The summed E-state index contributed by atoms with van der Waals surface area (Å²) in [4.78, 5) is 0. The Balaban J connectivity index is 2.49. The van der Waals surface area contributed by atoms with E-state index in [9.17, 15) is 0 Å². The Hall–Kier alpha value is -0.510. The van der Waals surface area contributed by atoms with Crippen LogP contribution in [-0.2, 0) is 0 Å². The molecular weight excluding hydrogens is 299 g/mol. The average Bonchev–Trinajstić information content (AvgIpc) is 2.63. The van der Waals surface area contributed by atoms with Crippen LogP contribution in [0.2, 0.25) is 0 Å². The molecule has 2 rings (SSSR count). The van der Waals surface area contributed by atoms with E-state index in [4.69, 9.17) is 4.42 Å². The molecular formula is C13H15IO. The van der Waals surface area contributed by atoms with Gasteiger partial charge in [-0.15, -0.1) is 0 Å². The largest absolute Gasteiger partial charge is 0.463 e. The van der Waals surface area contributed by atoms with E-state index in [1.807, 2.05) is 6.26 Å². The van der Waals surface area contributed by atoms with Gasteiger partial charge in [-0.3, -0.25) is 0 Å². The van der Waals surface area contributed by atoms with E-state index < -0.39 is 0 Å². The predicted molar refractivity (Wildman–Crippen MR) is 72.3 cm³/mol. The van der Waals surface area contributed by atoms with Gasteiger partial charge >= 0.3 is 0 Å². The van der Waals surface area contributed by atoms with E-state index in [0.29, 0.717) is 5.92 Å². The summed E-state index contributed by atoms with van der Waals surface area (Å²) in [5.74, 6) is 0.592. The third-order valence-electron chi connectivity index (χ3n) is 2.83. The summed E-state index contributed by atoms with van der Waals surface area (Å²) in [6.45, 7) is 4.50. The van der Waals surface area contributed by atoms with E-state index in [1.165, 1.54) is 27.4 Å². The third-order valence-corrected chi connectivity index (χ3v) is 3.68. The molecule has 0 saturated heterocycles. The molecule has 1 heterocycles. The molecule has 0 aliphatic carbocycles. The van der Waals surface area contributed by atoms with Crippen molar-refractivity contribution in [3.05, 3.63) is 33.6 Å². The van der Waals surface area contributed by atoms with E-state index in [-0.39, 0.29) is 0 Å². The predicted octanol–water partition coefficient (Wildman–Crippen LogP) is 4.94. The Morgan fingerprint density at radius 3 is 2.93 bits per heavy atom. The summed E-state index contributed by atoms with van der Waals surface area (Å²) in [5, 5.41) is 1.28. The lowest BCUT2D eigenvalue weighted by molar-refractivity contribution is 0.592. The second-order valence-electron chi connectivity index (χ2n) is 4.00. The van der Waals surface area contributed by atoms with Gasteiger partial charge in [-0.05, 0) is 41.0 Å². The minimum absolute atomic E-state index is 0.592. The molecule has 2 aromatic rings. The molecule has 0 N–H and O–H groups in total. The van der Waals surface area contributed by atoms with Crippen LogP contribution in [0.4, 0.5) is 0 Å². The normalized spacial score (nSPS) is 13.3. The van der Waals surface area contributed by atoms with Crippen molar-refractivity contribution in [3.63, 3.8) is 0 Å². The Morgan fingerprint density at radius 1 is 1.40 bits per heavy atom. The van der Waals surface area contributed by atoms with E-state index in [2.05, 4.69) is 54.6 Å². The molecule has 0 aliphatic heterocycles. The molecule has 1 aromatic carbocycles. The summed E-state index contributed by atoms with van der Waals surface area (Å²) >= 11 is 2.32. The van der Waals surface area contributed by atoms with Gasteiger partial charge in [0.25, 0.3) is 0 Å². The number of halogens is 1. The minimum atomic E-state index is 0.592. The van der Waals surface area contributed by atoms with Gasteiger partial charge in [0.15, 0.2) is 0 Å². The zero-order valence-electron chi connectivity index (χ0n) is 9.09. The van der Waals surface area contributed by atoms with Crippen LogP contribution in [0.1, 0.15) is 38.2 Å². The SMILES string of the molecule is CCCC(C)c1coc2c(I)cccc12. The van der Waals surface area contributed by atoms with Crippen molar-refractivity contribution < 1.29 is 4.42 Å². The Morgan fingerprint density at radius 2 is 2.20 bits per heavy atom. The lowest BCUT2D eigenvalue weighted by Crippen LogP contribution is -1.90. The highest BCUT2D eigenvalue weighted by molar-refractivity contribution is 14.1. The molecule has 0 bridgehead atoms. The first-order valence-corrected chi connectivity index (χ1v) is 6.47. The second kappa shape index (κ2) is 4.56. The monoisotopic (exact) mass is 314 g/mol. The van der Waals surface area contributed by atoms with Gasteiger partial charge in [0.2, 0.25) is 0 Å². The molecule has 0 amide bonds. The quantitative estimate of drug-likeness (QED) is 0.731. The fraction of sp³-hybridized carbons (Fsp3) is 0.385. The molecule has 1 aromatic heterocycles. The van der Waals surface area contributed by atoms with Gasteiger partial charge in [-0.25, -0.2) is 0 Å². The minimum Gasteiger partial charge on any atom is -0.463 e. The van der Waals surface area contributed by atoms with Crippen LogP contribution in [0.5, 0.6) is 0 Å². The van der Waals surface area contributed by atoms with Crippen molar-refractivity contribution in [2.24, 2.45) is 0 Å². The van der Waals surface area contributed by atoms with Crippen molar-refractivity contribution in [3.8, 4) is 0 Å². The molecule has 0 aliphatic rings. The molecule has 0 spiro atoms. The van der Waals surface area contributed by atoms with Crippen molar-refractivity contribution >= 4 is 33.6 Å². The maximum Gasteiger partial charge on any atom is 0.147 e. The van der Waals surface area contributed by atoms with E-state index in [0.717, 1.165) is 5.58 Å². The molecule has 1 unspecified atom stereocenters. The number of hydrogen-bond donors (Lipinski definition) is 0. The fourth-order valence-electron chi connectivity index (χ4n) is 2.01. The zero-order chi connectivity index (χ0) is 10.8. The summed E-state index contributed by atoms with van der Waals surface area (Å²) in [7, 11) is 0. The average molecular weight is 314 g/mol. The lowest BCUT2D eigenvalue weighted by Gasteiger charge is -2.07. The highest BCUT2D eigenvalue weighted by Crippen LogP contribution is 2.32. The van der Waals surface area contributed by atoms with Crippen molar-refractivity contribution in [2.75, 3.05) is 0 Å². The summed E-state index contributed by atoms with van der Waals surface area (Å²) in [6, 6.07) is 6.34. The first-order valence-electron chi connectivity index (χ1n) is 5.39.